The molecule has 0 aliphatic carbocycles. The number of imide groups is 1. The predicted octanol–water partition coefficient (Wildman–Crippen LogP) is 0.895. The van der Waals surface area contributed by atoms with Crippen molar-refractivity contribution >= 4 is 27.6 Å². The van der Waals surface area contributed by atoms with E-state index in [0.29, 0.717) is 5.56 Å². The van der Waals surface area contributed by atoms with E-state index in [2.05, 4.69) is 0 Å². The molecular formula is C11H11NO5S. The molecule has 2 amide bonds. The van der Waals surface area contributed by atoms with Crippen LogP contribution in [0.4, 0.5) is 5.69 Å². The second kappa shape index (κ2) is 4.18. The number of carbonyl (C=O) groups excluding carboxylic acids is 2. The highest BCUT2D eigenvalue weighted by atomic mass is 32.2. The number of amides is 2. The average Bonchev–Trinajstić information content (AvgIpc) is 2.56. The van der Waals surface area contributed by atoms with Crippen LogP contribution in [-0.2, 0) is 19.7 Å². The molecule has 6 nitrogen and oxygen atoms in total. The van der Waals surface area contributed by atoms with Crippen molar-refractivity contribution in [3.8, 4) is 0 Å². The Hall–Kier alpha value is -1.73. The lowest BCUT2D eigenvalue weighted by Crippen LogP contribution is -2.30. The van der Waals surface area contributed by atoms with Crippen LogP contribution in [0.1, 0.15) is 18.4 Å². The minimum absolute atomic E-state index is 0.0533. The van der Waals surface area contributed by atoms with E-state index in [-0.39, 0.29) is 18.5 Å². The van der Waals surface area contributed by atoms with Crippen molar-refractivity contribution in [1.82, 2.24) is 0 Å². The van der Waals surface area contributed by atoms with Crippen molar-refractivity contribution in [3.05, 3.63) is 23.8 Å². The second-order valence-electron chi connectivity index (χ2n) is 4.07. The highest BCUT2D eigenvalue weighted by molar-refractivity contribution is 7.86. The summed E-state index contributed by atoms with van der Waals surface area (Å²) >= 11 is 0. The molecule has 7 heteroatoms. The molecule has 0 radical (unpaired) electrons. The largest absolute Gasteiger partial charge is 0.296 e. The van der Waals surface area contributed by atoms with Gasteiger partial charge in [-0.05, 0) is 24.6 Å². The van der Waals surface area contributed by atoms with Crippen molar-refractivity contribution in [1.29, 1.82) is 0 Å². The monoisotopic (exact) mass is 269 g/mol. The number of aryl methyl sites for hydroxylation is 1. The summed E-state index contributed by atoms with van der Waals surface area (Å²) in [4.78, 5) is 23.6. The zero-order chi connectivity index (χ0) is 13.5. The maximum Gasteiger partial charge on any atom is 0.296 e. The topological polar surface area (TPSA) is 91.8 Å². The van der Waals surface area contributed by atoms with Crippen LogP contribution in [0.5, 0.6) is 0 Å². The van der Waals surface area contributed by atoms with E-state index in [1.807, 2.05) is 0 Å². The predicted molar refractivity (Wildman–Crippen MR) is 62.7 cm³/mol. The fourth-order valence-corrected chi connectivity index (χ4v) is 2.52. The second-order valence-corrected chi connectivity index (χ2v) is 5.46. The molecule has 1 aliphatic rings. The van der Waals surface area contributed by atoms with Crippen molar-refractivity contribution in [2.45, 2.75) is 24.7 Å². The number of nitrogens with zero attached hydrogens (tertiary/aromatic N) is 1. The summed E-state index contributed by atoms with van der Waals surface area (Å²) in [5.74, 6) is -0.925. The number of anilines is 1. The Balaban J connectivity index is 2.66. The minimum Gasteiger partial charge on any atom is -0.282 e. The molecule has 0 saturated carbocycles. The Kier molecular flexibility index (Phi) is 2.95. The molecule has 0 spiro atoms. The summed E-state index contributed by atoms with van der Waals surface area (Å²) in [6.07, 6.45) is 0.107. The standard InChI is InChI=1S/C11H11NO5S/c1-7-2-3-9(18(15,16)17)8(6-7)12-10(13)4-5-11(12)14/h2-3,6H,4-5H2,1H3,(H,15,16,17). The molecule has 96 valence electrons. The van der Waals surface area contributed by atoms with Gasteiger partial charge in [-0.1, -0.05) is 6.07 Å². The quantitative estimate of drug-likeness (QED) is 0.636. The normalized spacial score (nSPS) is 16.4. The van der Waals surface area contributed by atoms with E-state index in [9.17, 15) is 18.0 Å². The highest BCUT2D eigenvalue weighted by Crippen LogP contribution is 2.30. The van der Waals surface area contributed by atoms with E-state index in [1.165, 1.54) is 18.2 Å². The van der Waals surface area contributed by atoms with Gasteiger partial charge in [-0.2, -0.15) is 8.42 Å². The van der Waals surface area contributed by atoms with E-state index in [1.54, 1.807) is 6.92 Å². The summed E-state index contributed by atoms with van der Waals surface area (Å²) in [6, 6.07) is 4.06. The molecule has 1 fully saturated rings. The zero-order valence-corrected chi connectivity index (χ0v) is 10.4. The first-order valence-electron chi connectivity index (χ1n) is 5.24. The molecule has 1 aliphatic heterocycles. The molecule has 1 saturated heterocycles. The molecule has 1 aromatic rings. The van der Waals surface area contributed by atoms with E-state index < -0.39 is 26.8 Å². The first-order chi connectivity index (χ1) is 8.30. The summed E-state index contributed by atoms with van der Waals surface area (Å²) in [5.41, 5.74) is 0.606. The summed E-state index contributed by atoms with van der Waals surface area (Å²) in [5, 5.41) is 0. The Morgan fingerprint density at radius 3 is 2.22 bits per heavy atom. The molecule has 0 bridgehead atoms. The minimum atomic E-state index is -4.48. The first-order valence-corrected chi connectivity index (χ1v) is 6.68. The Bertz CT molecular complexity index is 619. The molecule has 1 heterocycles. The molecule has 1 aromatic carbocycles. The third kappa shape index (κ3) is 2.14. The van der Waals surface area contributed by atoms with E-state index >= 15 is 0 Å². The van der Waals surface area contributed by atoms with Crippen molar-refractivity contribution < 1.29 is 22.6 Å². The third-order valence-electron chi connectivity index (χ3n) is 2.68. The third-order valence-corrected chi connectivity index (χ3v) is 3.59. The summed E-state index contributed by atoms with van der Waals surface area (Å²) in [6.45, 7) is 1.70. The fraction of sp³-hybridized carbons (Fsp3) is 0.273. The van der Waals surface area contributed by atoms with Crippen LogP contribution in [0, 0.1) is 6.92 Å². The number of hydrogen-bond acceptors (Lipinski definition) is 4. The van der Waals surface area contributed by atoms with Crippen molar-refractivity contribution in [3.63, 3.8) is 0 Å². The number of hydrogen-bond donors (Lipinski definition) is 1. The molecule has 0 unspecified atom stereocenters. The Morgan fingerprint density at radius 2 is 1.72 bits per heavy atom. The molecular weight excluding hydrogens is 258 g/mol. The highest BCUT2D eigenvalue weighted by Gasteiger charge is 2.33. The smallest absolute Gasteiger partial charge is 0.282 e. The molecule has 0 aromatic heterocycles. The molecule has 1 N–H and O–H groups in total. The average molecular weight is 269 g/mol. The van der Waals surface area contributed by atoms with Gasteiger partial charge in [0.1, 0.15) is 4.90 Å². The van der Waals surface area contributed by atoms with Crippen LogP contribution in [0.25, 0.3) is 0 Å². The van der Waals surface area contributed by atoms with E-state index in [4.69, 9.17) is 4.55 Å². The van der Waals surface area contributed by atoms with Gasteiger partial charge in [-0.15, -0.1) is 0 Å². The Morgan fingerprint density at radius 1 is 1.17 bits per heavy atom. The maximum atomic E-state index is 11.6. The van der Waals surface area contributed by atoms with Crippen molar-refractivity contribution in [2.75, 3.05) is 4.90 Å². The Labute approximate surface area is 104 Å². The van der Waals surface area contributed by atoms with Gasteiger partial charge in [-0.3, -0.25) is 14.1 Å². The van der Waals surface area contributed by atoms with E-state index in [0.717, 1.165) is 4.90 Å². The summed E-state index contributed by atoms with van der Waals surface area (Å²) < 4.78 is 31.6. The van der Waals surface area contributed by atoms with Gasteiger partial charge < -0.3 is 0 Å². The summed E-state index contributed by atoms with van der Waals surface area (Å²) in [7, 11) is -4.48. The lowest BCUT2D eigenvalue weighted by atomic mass is 10.2. The van der Waals surface area contributed by atoms with Gasteiger partial charge in [0.25, 0.3) is 10.1 Å². The number of benzene rings is 1. The van der Waals surface area contributed by atoms with Gasteiger partial charge in [-0.25, -0.2) is 4.90 Å². The van der Waals surface area contributed by atoms with Crippen LogP contribution in [0.3, 0.4) is 0 Å². The van der Waals surface area contributed by atoms with Gasteiger partial charge in [0.15, 0.2) is 0 Å². The van der Waals surface area contributed by atoms with Crippen LogP contribution >= 0.6 is 0 Å². The van der Waals surface area contributed by atoms with Crippen LogP contribution in [-0.4, -0.2) is 24.8 Å². The maximum absolute atomic E-state index is 11.6. The van der Waals surface area contributed by atoms with Crippen LogP contribution in [0.15, 0.2) is 23.1 Å². The van der Waals surface area contributed by atoms with Crippen LogP contribution in [0.2, 0.25) is 0 Å². The van der Waals surface area contributed by atoms with Gasteiger partial charge in [0.2, 0.25) is 11.8 Å². The van der Waals surface area contributed by atoms with Crippen molar-refractivity contribution in [2.24, 2.45) is 0 Å². The number of rotatable bonds is 2. The molecule has 18 heavy (non-hydrogen) atoms. The zero-order valence-electron chi connectivity index (χ0n) is 9.58. The first kappa shape index (κ1) is 12.7. The van der Waals surface area contributed by atoms with Gasteiger partial charge in [0.05, 0.1) is 5.69 Å². The van der Waals surface area contributed by atoms with Gasteiger partial charge >= 0.3 is 0 Å². The van der Waals surface area contributed by atoms with Gasteiger partial charge in [0, 0.05) is 12.8 Å². The SMILES string of the molecule is Cc1ccc(S(=O)(=O)O)c(N2C(=O)CCC2=O)c1. The fourth-order valence-electron chi connectivity index (χ4n) is 1.87. The lowest BCUT2D eigenvalue weighted by molar-refractivity contribution is -0.121. The lowest BCUT2D eigenvalue weighted by Gasteiger charge is -2.17. The molecule has 0 atom stereocenters. The van der Waals surface area contributed by atoms with Crippen LogP contribution < -0.4 is 4.90 Å². The number of carbonyl (C=O) groups is 2. The molecule has 2 rings (SSSR count).